The molecule has 0 aliphatic carbocycles. The van der Waals surface area contributed by atoms with Crippen molar-refractivity contribution < 1.29 is 9.18 Å². The molecule has 1 aromatic carbocycles. The van der Waals surface area contributed by atoms with E-state index in [2.05, 4.69) is 5.32 Å². The molecule has 2 rings (SSSR count). The molecule has 0 atom stereocenters. The number of aryl methyl sites for hydroxylation is 1. The predicted octanol–water partition coefficient (Wildman–Crippen LogP) is 2.71. The minimum absolute atomic E-state index is 0.0423. The number of hydrogen-bond acceptors (Lipinski definition) is 3. The first-order chi connectivity index (χ1) is 8.58. The van der Waals surface area contributed by atoms with Gasteiger partial charge in [-0.05, 0) is 42.1 Å². The van der Waals surface area contributed by atoms with Crippen LogP contribution in [0.5, 0.6) is 0 Å². The van der Waals surface area contributed by atoms with Gasteiger partial charge in [0.1, 0.15) is 5.82 Å². The first kappa shape index (κ1) is 12.6. The minimum Gasteiger partial charge on any atom is -0.396 e. The Bertz CT molecular complexity index is 580. The van der Waals surface area contributed by atoms with Gasteiger partial charge in [-0.1, -0.05) is 0 Å². The zero-order chi connectivity index (χ0) is 13.1. The number of thiophene rings is 1. The zero-order valence-corrected chi connectivity index (χ0v) is 10.7. The van der Waals surface area contributed by atoms with Gasteiger partial charge in [-0.3, -0.25) is 4.79 Å². The Morgan fingerprint density at radius 1 is 1.44 bits per heavy atom. The van der Waals surface area contributed by atoms with E-state index in [1.807, 2.05) is 18.4 Å². The number of carbonyl (C=O) groups is 1. The summed E-state index contributed by atoms with van der Waals surface area (Å²) in [5.74, 6) is -0.878. The number of rotatable bonds is 3. The van der Waals surface area contributed by atoms with Crippen molar-refractivity contribution in [3.63, 3.8) is 0 Å². The molecule has 5 heteroatoms. The summed E-state index contributed by atoms with van der Waals surface area (Å²) < 4.78 is 13.2. The topological polar surface area (TPSA) is 55.1 Å². The third-order valence-electron chi connectivity index (χ3n) is 2.64. The van der Waals surface area contributed by atoms with Gasteiger partial charge in [0.25, 0.3) is 5.91 Å². The molecule has 1 aromatic heterocycles. The van der Waals surface area contributed by atoms with Crippen LogP contribution in [0.3, 0.4) is 0 Å². The van der Waals surface area contributed by atoms with Crippen molar-refractivity contribution in [3.05, 3.63) is 51.5 Å². The van der Waals surface area contributed by atoms with Gasteiger partial charge in [-0.15, -0.1) is 11.3 Å². The summed E-state index contributed by atoms with van der Waals surface area (Å²) in [7, 11) is 0. The molecule has 0 aliphatic rings. The van der Waals surface area contributed by atoms with E-state index in [1.54, 1.807) is 11.3 Å². The molecule has 3 N–H and O–H groups in total. The zero-order valence-electron chi connectivity index (χ0n) is 9.87. The van der Waals surface area contributed by atoms with Gasteiger partial charge >= 0.3 is 0 Å². The number of nitrogen functional groups attached to an aromatic ring is 1. The van der Waals surface area contributed by atoms with Gasteiger partial charge in [0.2, 0.25) is 0 Å². The molecule has 3 nitrogen and oxygen atoms in total. The van der Waals surface area contributed by atoms with Crippen LogP contribution in [0.2, 0.25) is 0 Å². The van der Waals surface area contributed by atoms with Crippen LogP contribution >= 0.6 is 11.3 Å². The Balaban J connectivity index is 2.04. The summed E-state index contributed by atoms with van der Waals surface area (Å²) in [6.07, 6.45) is 0. The molecule has 1 heterocycles. The average molecular weight is 264 g/mol. The largest absolute Gasteiger partial charge is 0.396 e. The van der Waals surface area contributed by atoms with Crippen molar-refractivity contribution in [1.82, 2.24) is 5.32 Å². The number of carbonyl (C=O) groups excluding carboxylic acids is 1. The maximum Gasteiger partial charge on any atom is 0.251 e. The van der Waals surface area contributed by atoms with Crippen molar-refractivity contribution >= 4 is 22.9 Å². The van der Waals surface area contributed by atoms with Gasteiger partial charge in [-0.25, -0.2) is 4.39 Å². The van der Waals surface area contributed by atoms with E-state index >= 15 is 0 Å². The Labute approximate surface area is 108 Å². The first-order valence-corrected chi connectivity index (χ1v) is 6.32. The van der Waals surface area contributed by atoms with Crippen LogP contribution in [0.4, 0.5) is 10.1 Å². The molecule has 0 bridgehead atoms. The Morgan fingerprint density at radius 3 is 2.83 bits per heavy atom. The lowest BCUT2D eigenvalue weighted by molar-refractivity contribution is 0.0951. The molecule has 1 amide bonds. The van der Waals surface area contributed by atoms with Crippen LogP contribution in [-0.2, 0) is 6.54 Å². The molecule has 0 unspecified atom stereocenters. The first-order valence-electron chi connectivity index (χ1n) is 5.44. The van der Waals surface area contributed by atoms with Gasteiger partial charge in [0.05, 0.1) is 12.2 Å². The Hall–Kier alpha value is -1.88. The number of halogens is 1. The lowest BCUT2D eigenvalue weighted by atomic mass is 10.2. The molecular weight excluding hydrogens is 251 g/mol. The summed E-state index contributed by atoms with van der Waals surface area (Å²) in [5, 5.41) is 4.72. The van der Waals surface area contributed by atoms with E-state index in [1.165, 1.54) is 12.1 Å². The maximum absolute atomic E-state index is 13.2. The molecule has 0 aliphatic heterocycles. The molecule has 0 saturated carbocycles. The van der Waals surface area contributed by atoms with E-state index in [-0.39, 0.29) is 17.2 Å². The Kier molecular flexibility index (Phi) is 3.62. The third kappa shape index (κ3) is 2.68. The predicted molar refractivity (Wildman–Crippen MR) is 71.0 cm³/mol. The van der Waals surface area contributed by atoms with Crippen molar-refractivity contribution in [1.29, 1.82) is 0 Å². The van der Waals surface area contributed by atoms with Gasteiger partial charge in [0, 0.05) is 10.4 Å². The summed E-state index contributed by atoms with van der Waals surface area (Å²) in [6.45, 7) is 2.44. The van der Waals surface area contributed by atoms with Crippen LogP contribution in [0.25, 0.3) is 0 Å². The molecule has 0 fully saturated rings. The molecule has 94 valence electrons. The molecular formula is C13H13FN2OS. The Morgan fingerprint density at radius 2 is 2.22 bits per heavy atom. The molecule has 2 aromatic rings. The van der Waals surface area contributed by atoms with E-state index in [9.17, 15) is 9.18 Å². The molecule has 18 heavy (non-hydrogen) atoms. The number of amides is 1. The fourth-order valence-corrected chi connectivity index (χ4v) is 2.36. The number of nitrogens with two attached hydrogens (primary N) is 1. The van der Waals surface area contributed by atoms with Gasteiger partial charge in [-0.2, -0.15) is 0 Å². The van der Waals surface area contributed by atoms with E-state index < -0.39 is 5.82 Å². The van der Waals surface area contributed by atoms with Crippen LogP contribution in [-0.4, -0.2) is 5.91 Å². The minimum atomic E-state index is -0.574. The number of anilines is 1. The van der Waals surface area contributed by atoms with Crippen molar-refractivity contribution in [2.45, 2.75) is 13.5 Å². The fourth-order valence-electron chi connectivity index (χ4n) is 1.52. The van der Waals surface area contributed by atoms with Crippen LogP contribution in [0.1, 0.15) is 20.8 Å². The maximum atomic E-state index is 13.2. The lowest BCUT2D eigenvalue weighted by Gasteiger charge is -2.05. The smallest absolute Gasteiger partial charge is 0.251 e. The van der Waals surface area contributed by atoms with Crippen LogP contribution in [0.15, 0.2) is 29.6 Å². The van der Waals surface area contributed by atoms with E-state index in [0.717, 1.165) is 16.5 Å². The van der Waals surface area contributed by atoms with Gasteiger partial charge < -0.3 is 11.1 Å². The summed E-state index contributed by atoms with van der Waals surface area (Å²) in [5.41, 5.74) is 6.81. The highest BCUT2D eigenvalue weighted by Gasteiger charge is 2.09. The number of benzene rings is 1. The van der Waals surface area contributed by atoms with E-state index in [0.29, 0.717) is 6.54 Å². The quantitative estimate of drug-likeness (QED) is 0.837. The van der Waals surface area contributed by atoms with E-state index in [4.69, 9.17) is 5.73 Å². The van der Waals surface area contributed by atoms with Crippen LogP contribution in [0, 0.1) is 12.7 Å². The summed E-state index contributed by atoms with van der Waals surface area (Å²) >= 11 is 1.58. The monoisotopic (exact) mass is 264 g/mol. The highest BCUT2D eigenvalue weighted by molar-refractivity contribution is 7.10. The second kappa shape index (κ2) is 5.18. The van der Waals surface area contributed by atoms with Crippen molar-refractivity contribution in [2.75, 3.05) is 5.73 Å². The number of hydrogen-bond donors (Lipinski definition) is 2. The van der Waals surface area contributed by atoms with Gasteiger partial charge in [0.15, 0.2) is 0 Å². The summed E-state index contributed by atoms with van der Waals surface area (Å²) in [4.78, 5) is 12.9. The van der Waals surface area contributed by atoms with Crippen LogP contribution < -0.4 is 11.1 Å². The van der Waals surface area contributed by atoms with Crippen molar-refractivity contribution in [3.8, 4) is 0 Å². The lowest BCUT2D eigenvalue weighted by Crippen LogP contribution is -2.22. The molecule has 0 radical (unpaired) electrons. The highest BCUT2D eigenvalue weighted by Crippen LogP contribution is 2.16. The average Bonchev–Trinajstić information content (AvgIpc) is 2.75. The number of nitrogens with one attached hydrogen (secondary N) is 1. The SMILES string of the molecule is Cc1ccsc1CNC(=O)c1ccc(N)c(F)c1. The fraction of sp³-hybridized carbons (Fsp3) is 0.154. The second-order valence-electron chi connectivity index (χ2n) is 3.95. The van der Waals surface area contributed by atoms with Crippen molar-refractivity contribution in [2.24, 2.45) is 0 Å². The standard InChI is InChI=1S/C13H13FN2OS/c1-8-4-5-18-12(8)7-16-13(17)9-2-3-11(15)10(14)6-9/h2-6H,7,15H2,1H3,(H,16,17). The molecule has 0 spiro atoms. The highest BCUT2D eigenvalue weighted by atomic mass is 32.1. The second-order valence-corrected chi connectivity index (χ2v) is 4.95. The molecule has 0 saturated heterocycles. The summed E-state index contributed by atoms with van der Waals surface area (Å²) in [6, 6.07) is 6.04. The third-order valence-corrected chi connectivity index (χ3v) is 3.66. The normalized spacial score (nSPS) is 10.3.